The Morgan fingerprint density at radius 3 is 2.89 bits per heavy atom. The van der Waals surface area contributed by atoms with Gasteiger partial charge in [-0.15, -0.1) is 0 Å². The van der Waals surface area contributed by atoms with Crippen molar-refractivity contribution in [1.82, 2.24) is 15.1 Å². The summed E-state index contributed by atoms with van der Waals surface area (Å²) >= 11 is 0. The van der Waals surface area contributed by atoms with Crippen LogP contribution in [0.15, 0.2) is 0 Å². The first-order valence-corrected chi connectivity index (χ1v) is 8.00. The van der Waals surface area contributed by atoms with Crippen molar-refractivity contribution in [1.29, 1.82) is 0 Å². The normalized spacial score (nSPS) is 38.2. The summed E-state index contributed by atoms with van der Waals surface area (Å²) in [6.45, 7) is 6.69. The van der Waals surface area contributed by atoms with Gasteiger partial charge in [-0.25, -0.2) is 0 Å². The number of nitrogens with zero attached hydrogens (tertiary/aromatic N) is 2. The Labute approximate surface area is 112 Å². The van der Waals surface area contributed by atoms with Crippen LogP contribution in [0.3, 0.4) is 0 Å². The van der Waals surface area contributed by atoms with Crippen LogP contribution >= 0.6 is 0 Å². The van der Waals surface area contributed by atoms with E-state index >= 15 is 0 Å². The second kappa shape index (κ2) is 5.89. The lowest BCUT2D eigenvalue weighted by Gasteiger charge is -2.38. The van der Waals surface area contributed by atoms with E-state index in [-0.39, 0.29) is 0 Å². The van der Waals surface area contributed by atoms with Gasteiger partial charge in [-0.2, -0.15) is 0 Å². The molecule has 3 nitrogen and oxygen atoms in total. The number of hydrogen-bond donors (Lipinski definition) is 1. The summed E-state index contributed by atoms with van der Waals surface area (Å²) in [5, 5.41) is 3.51. The molecule has 2 aliphatic heterocycles. The van der Waals surface area contributed by atoms with Gasteiger partial charge in [0, 0.05) is 31.7 Å². The average molecular weight is 251 g/mol. The molecule has 0 aromatic carbocycles. The molecule has 1 saturated carbocycles. The molecule has 3 unspecified atom stereocenters. The molecule has 1 N–H and O–H groups in total. The number of hydrogen-bond acceptors (Lipinski definition) is 3. The van der Waals surface area contributed by atoms with E-state index in [9.17, 15) is 0 Å². The maximum absolute atomic E-state index is 3.51. The maximum atomic E-state index is 3.51. The number of nitrogens with one attached hydrogen (secondary N) is 1. The molecule has 3 rings (SSSR count). The zero-order valence-electron chi connectivity index (χ0n) is 11.9. The van der Waals surface area contributed by atoms with E-state index in [0.717, 1.165) is 18.0 Å². The molecule has 0 radical (unpaired) electrons. The Morgan fingerprint density at radius 1 is 1.06 bits per heavy atom. The molecule has 0 amide bonds. The van der Waals surface area contributed by atoms with E-state index in [1.807, 2.05) is 0 Å². The van der Waals surface area contributed by atoms with Crippen molar-refractivity contribution in [2.24, 2.45) is 5.92 Å². The fraction of sp³-hybridized carbons (Fsp3) is 1.00. The molecule has 18 heavy (non-hydrogen) atoms. The molecule has 3 fully saturated rings. The third-order valence-corrected chi connectivity index (χ3v) is 5.52. The van der Waals surface area contributed by atoms with Crippen LogP contribution < -0.4 is 5.32 Å². The molecule has 0 aromatic heterocycles. The minimum atomic E-state index is 0.803. The summed E-state index contributed by atoms with van der Waals surface area (Å²) in [6.07, 6.45) is 8.58. The zero-order valence-corrected chi connectivity index (χ0v) is 11.9. The number of rotatable bonds is 4. The van der Waals surface area contributed by atoms with Crippen LogP contribution in [0.5, 0.6) is 0 Å². The summed E-state index contributed by atoms with van der Waals surface area (Å²) < 4.78 is 0. The van der Waals surface area contributed by atoms with Gasteiger partial charge in [0.1, 0.15) is 0 Å². The number of fused-ring (bicyclic) bond motifs is 1. The van der Waals surface area contributed by atoms with E-state index in [0.29, 0.717) is 0 Å². The molecule has 3 heteroatoms. The van der Waals surface area contributed by atoms with Crippen LogP contribution in [0.25, 0.3) is 0 Å². The summed E-state index contributed by atoms with van der Waals surface area (Å²) in [5.74, 6) is 0.941. The van der Waals surface area contributed by atoms with E-state index in [4.69, 9.17) is 0 Å². The highest BCUT2D eigenvalue weighted by molar-refractivity contribution is 4.88. The Morgan fingerprint density at radius 2 is 2.00 bits per heavy atom. The molecule has 0 aromatic rings. The summed E-state index contributed by atoms with van der Waals surface area (Å²) in [5.41, 5.74) is 0. The van der Waals surface area contributed by atoms with Gasteiger partial charge in [-0.3, -0.25) is 4.90 Å². The van der Waals surface area contributed by atoms with Gasteiger partial charge < -0.3 is 10.2 Å². The summed E-state index contributed by atoms with van der Waals surface area (Å²) in [4.78, 5) is 5.44. The highest BCUT2D eigenvalue weighted by Gasteiger charge is 2.31. The Bertz CT molecular complexity index is 268. The maximum Gasteiger partial charge on any atom is 0.0224 e. The first-order valence-electron chi connectivity index (χ1n) is 8.00. The highest BCUT2D eigenvalue weighted by Crippen LogP contribution is 2.29. The van der Waals surface area contributed by atoms with Crippen LogP contribution in [0.4, 0.5) is 0 Å². The summed E-state index contributed by atoms with van der Waals surface area (Å²) in [6, 6.07) is 1.69. The number of piperazine rings is 1. The van der Waals surface area contributed by atoms with Gasteiger partial charge >= 0.3 is 0 Å². The second-order valence-electron chi connectivity index (χ2n) is 6.51. The van der Waals surface area contributed by atoms with Crippen molar-refractivity contribution in [3.05, 3.63) is 0 Å². The van der Waals surface area contributed by atoms with Crippen LogP contribution in [0.1, 0.15) is 38.5 Å². The minimum Gasteiger partial charge on any atom is -0.317 e. The van der Waals surface area contributed by atoms with Crippen molar-refractivity contribution in [2.45, 2.75) is 50.6 Å². The lowest BCUT2D eigenvalue weighted by molar-refractivity contribution is 0.0987. The first kappa shape index (κ1) is 12.9. The van der Waals surface area contributed by atoms with Gasteiger partial charge in [0.05, 0.1) is 0 Å². The molecule has 2 heterocycles. The Kier molecular flexibility index (Phi) is 4.22. The van der Waals surface area contributed by atoms with Gasteiger partial charge in [-0.1, -0.05) is 6.42 Å². The molecule has 3 aliphatic rings. The van der Waals surface area contributed by atoms with E-state index in [1.165, 1.54) is 71.2 Å². The summed E-state index contributed by atoms with van der Waals surface area (Å²) in [7, 11) is 2.14. The van der Waals surface area contributed by atoms with Crippen LogP contribution in [-0.4, -0.2) is 61.7 Å². The predicted molar refractivity (Wildman–Crippen MR) is 75.8 cm³/mol. The molecule has 1 aliphatic carbocycles. The fourth-order valence-electron chi connectivity index (χ4n) is 4.37. The smallest absolute Gasteiger partial charge is 0.0224 e. The van der Waals surface area contributed by atoms with Crippen molar-refractivity contribution < 1.29 is 0 Å². The fourth-order valence-corrected chi connectivity index (χ4v) is 4.37. The lowest BCUT2D eigenvalue weighted by atomic mass is 9.99. The van der Waals surface area contributed by atoms with Crippen molar-refractivity contribution in [3.8, 4) is 0 Å². The van der Waals surface area contributed by atoms with E-state index in [1.54, 1.807) is 0 Å². The van der Waals surface area contributed by atoms with Crippen molar-refractivity contribution in [3.63, 3.8) is 0 Å². The van der Waals surface area contributed by atoms with Crippen LogP contribution in [0, 0.1) is 5.92 Å². The third kappa shape index (κ3) is 2.73. The quantitative estimate of drug-likeness (QED) is 0.818. The molecular weight excluding hydrogens is 222 g/mol. The topological polar surface area (TPSA) is 18.5 Å². The Hall–Kier alpha value is -0.120. The van der Waals surface area contributed by atoms with Crippen LogP contribution in [0.2, 0.25) is 0 Å². The molecule has 2 saturated heterocycles. The first-order chi connectivity index (χ1) is 8.86. The molecular formula is C15H29N3. The van der Waals surface area contributed by atoms with E-state index < -0.39 is 0 Å². The Balaban J connectivity index is 1.43. The molecule has 3 atom stereocenters. The minimum absolute atomic E-state index is 0.803. The van der Waals surface area contributed by atoms with E-state index in [2.05, 4.69) is 22.2 Å². The SMILES string of the molecule is CNC1CCCC1CCN1CCN2CCCC2C1. The molecule has 104 valence electrons. The third-order valence-electron chi connectivity index (χ3n) is 5.52. The average Bonchev–Trinajstić information content (AvgIpc) is 3.04. The van der Waals surface area contributed by atoms with Gasteiger partial charge in [-0.05, 0) is 58.2 Å². The van der Waals surface area contributed by atoms with Crippen molar-refractivity contribution in [2.75, 3.05) is 39.8 Å². The highest BCUT2D eigenvalue weighted by atomic mass is 15.3. The monoisotopic (exact) mass is 251 g/mol. The van der Waals surface area contributed by atoms with Gasteiger partial charge in [0.25, 0.3) is 0 Å². The standard InChI is InChI=1S/C15H29N3/c1-16-15-6-2-4-13(15)7-9-17-10-11-18-8-3-5-14(18)12-17/h13-16H,2-12H2,1H3. The largest absolute Gasteiger partial charge is 0.317 e. The second-order valence-corrected chi connectivity index (χ2v) is 6.51. The molecule has 0 bridgehead atoms. The van der Waals surface area contributed by atoms with Gasteiger partial charge in [0.15, 0.2) is 0 Å². The zero-order chi connectivity index (χ0) is 12.4. The van der Waals surface area contributed by atoms with Crippen molar-refractivity contribution >= 4 is 0 Å². The predicted octanol–water partition coefficient (Wildman–Crippen LogP) is 1.54. The lowest BCUT2D eigenvalue weighted by Crippen LogP contribution is -2.50. The molecule has 0 spiro atoms. The van der Waals surface area contributed by atoms with Crippen LogP contribution in [-0.2, 0) is 0 Å². The van der Waals surface area contributed by atoms with Gasteiger partial charge in [0.2, 0.25) is 0 Å².